The van der Waals surface area contributed by atoms with Crippen LogP contribution in [-0.4, -0.2) is 38.6 Å². The van der Waals surface area contributed by atoms with Crippen molar-refractivity contribution in [3.8, 4) is 0 Å². The number of nitrogens with one attached hydrogen (secondary N) is 1. The van der Waals surface area contributed by atoms with Crippen LogP contribution in [0.1, 0.15) is 32.5 Å². The van der Waals surface area contributed by atoms with Gasteiger partial charge in [0, 0.05) is 25.6 Å². The van der Waals surface area contributed by atoms with Gasteiger partial charge in [0.25, 0.3) is 0 Å². The maximum Gasteiger partial charge on any atom is 0.138 e. The molecule has 1 aromatic heterocycles. The lowest BCUT2D eigenvalue weighted by Crippen LogP contribution is -2.30. The minimum Gasteiger partial charge on any atom is -0.391 e. The third kappa shape index (κ3) is 4.09. The first-order chi connectivity index (χ1) is 8.15. The Balaban J connectivity index is 1.81. The molecule has 2 N–H and O–H groups in total. The molecule has 96 valence electrons. The van der Waals surface area contributed by atoms with Crippen molar-refractivity contribution in [3.63, 3.8) is 0 Å². The smallest absolute Gasteiger partial charge is 0.138 e. The van der Waals surface area contributed by atoms with Crippen molar-refractivity contribution in [2.24, 2.45) is 5.92 Å². The van der Waals surface area contributed by atoms with E-state index in [0.717, 1.165) is 12.4 Å². The molecule has 0 bridgehead atoms. The number of rotatable bonds is 7. The monoisotopic (exact) mass is 238 g/mol. The molecule has 0 amide bonds. The van der Waals surface area contributed by atoms with E-state index in [0.29, 0.717) is 24.9 Å². The molecule has 1 fully saturated rings. The first-order valence-electron chi connectivity index (χ1n) is 6.43. The zero-order valence-electron chi connectivity index (χ0n) is 10.6. The summed E-state index contributed by atoms with van der Waals surface area (Å²) in [6, 6.07) is 0.637. The normalized spacial score (nSPS) is 17.6. The second kappa shape index (κ2) is 5.60. The van der Waals surface area contributed by atoms with Crippen molar-refractivity contribution in [2.45, 2.75) is 51.8 Å². The summed E-state index contributed by atoms with van der Waals surface area (Å²) in [5.74, 6) is 1.42. The van der Waals surface area contributed by atoms with Crippen LogP contribution >= 0.6 is 0 Å². The lowest BCUT2D eigenvalue weighted by atomic mass is 10.2. The number of hydrogen-bond acceptors (Lipinski definition) is 4. The topological polar surface area (TPSA) is 63.0 Å². The van der Waals surface area contributed by atoms with Crippen LogP contribution in [0.25, 0.3) is 0 Å². The van der Waals surface area contributed by atoms with Gasteiger partial charge >= 0.3 is 0 Å². The highest BCUT2D eigenvalue weighted by atomic mass is 16.3. The average molecular weight is 238 g/mol. The lowest BCUT2D eigenvalue weighted by Gasteiger charge is -2.13. The molecule has 0 spiro atoms. The number of nitrogens with zero attached hydrogens (tertiary/aromatic N) is 3. The molecule has 0 radical (unpaired) electrons. The van der Waals surface area contributed by atoms with Crippen molar-refractivity contribution >= 4 is 0 Å². The second-order valence-electron chi connectivity index (χ2n) is 5.29. The molecule has 1 aliphatic carbocycles. The Hall–Kier alpha value is -0.940. The molecule has 1 aromatic rings. The molecule has 1 aliphatic rings. The van der Waals surface area contributed by atoms with Crippen LogP contribution in [0.5, 0.6) is 0 Å². The number of aromatic nitrogens is 3. The number of aliphatic hydroxyl groups excluding tert-OH is 1. The maximum absolute atomic E-state index is 9.91. The van der Waals surface area contributed by atoms with Crippen molar-refractivity contribution in [1.82, 2.24) is 20.1 Å². The van der Waals surface area contributed by atoms with E-state index in [1.54, 1.807) is 6.33 Å². The van der Waals surface area contributed by atoms with Gasteiger partial charge in [-0.25, -0.2) is 9.67 Å². The zero-order valence-corrected chi connectivity index (χ0v) is 10.6. The molecule has 5 nitrogen and oxygen atoms in total. The van der Waals surface area contributed by atoms with Gasteiger partial charge in [0.15, 0.2) is 0 Å². The standard InChI is InChI=1S/C12H22N4O/c1-9(2)7-16-12(14-8-15-16)5-11(17)6-13-10-3-4-10/h8-11,13,17H,3-7H2,1-2H3. The molecule has 5 heteroatoms. The first-order valence-corrected chi connectivity index (χ1v) is 6.43. The SMILES string of the molecule is CC(C)Cn1ncnc1CC(O)CNC1CC1. The van der Waals surface area contributed by atoms with Crippen LogP contribution in [0.3, 0.4) is 0 Å². The predicted molar refractivity (Wildman–Crippen MR) is 65.6 cm³/mol. The van der Waals surface area contributed by atoms with Crippen LogP contribution in [0.15, 0.2) is 6.33 Å². The average Bonchev–Trinajstić information content (AvgIpc) is 3.00. The summed E-state index contributed by atoms with van der Waals surface area (Å²) in [5.41, 5.74) is 0. The highest BCUT2D eigenvalue weighted by Gasteiger charge is 2.21. The van der Waals surface area contributed by atoms with E-state index in [-0.39, 0.29) is 6.10 Å². The van der Waals surface area contributed by atoms with Gasteiger partial charge in [-0.3, -0.25) is 0 Å². The van der Waals surface area contributed by atoms with Gasteiger partial charge in [-0.15, -0.1) is 0 Å². The summed E-state index contributed by atoms with van der Waals surface area (Å²) in [5, 5.41) is 17.4. The molecular formula is C12H22N4O. The molecule has 0 aromatic carbocycles. The molecule has 0 saturated heterocycles. The fourth-order valence-electron chi connectivity index (χ4n) is 1.82. The fourth-order valence-corrected chi connectivity index (χ4v) is 1.82. The van der Waals surface area contributed by atoms with Gasteiger partial charge in [0.1, 0.15) is 12.2 Å². The Bertz CT molecular complexity index is 346. The third-order valence-electron chi connectivity index (χ3n) is 2.87. The summed E-state index contributed by atoms with van der Waals surface area (Å²) < 4.78 is 1.89. The summed E-state index contributed by atoms with van der Waals surface area (Å²) in [6.45, 7) is 5.81. The van der Waals surface area contributed by atoms with Gasteiger partial charge in [-0.1, -0.05) is 13.8 Å². The fraction of sp³-hybridized carbons (Fsp3) is 0.833. The van der Waals surface area contributed by atoms with Crippen LogP contribution in [0.2, 0.25) is 0 Å². The van der Waals surface area contributed by atoms with E-state index in [1.165, 1.54) is 12.8 Å². The summed E-state index contributed by atoms with van der Waals surface area (Å²) >= 11 is 0. The van der Waals surface area contributed by atoms with E-state index in [4.69, 9.17) is 0 Å². The molecule has 0 aliphatic heterocycles. The summed E-state index contributed by atoms with van der Waals surface area (Å²) in [7, 11) is 0. The highest BCUT2D eigenvalue weighted by molar-refractivity contribution is 4.90. The maximum atomic E-state index is 9.91. The van der Waals surface area contributed by atoms with Gasteiger partial charge in [0.05, 0.1) is 6.10 Å². The van der Waals surface area contributed by atoms with Crippen molar-refractivity contribution in [3.05, 3.63) is 12.2 Å². The van der Waals surface area contributed by atoms with Gasteiger partial charge in [-0.2, -0.15) is 5.10 Å². The minimum absolute atomic E-state index is 0.370. The van der Waals surface area contributed by atoms with Gasteiger partial charge in [0.2, 0.25) is 0 Å². The lowest BCUT2D eigenvalue weighted by molar-refractivity contribution is 0.167. The molecule has 1 atom stereocenters. The Morgan fingerprint density at radius 2 is 2.29 bits per heavy atom. The predicted octanol–water partition coefficient (Wildman–Crippen LogP) is 0.589. The molecule has 1 unspecified atom stereocenters. The van der Waals surface area contributed by atoms with Crippen LogP contribution in [-0.2, 0) is 13.0 Å². The Kier molecular flexibility index (Phi) is 4.12. The number of hydrogen-bond donors (Lipinski definition) is 2. The van der Waals surface area contributed by atoms with E-state index < -0.39 is 0 Å². The quantitative estimate of drug-likeness (QED) is 0.730. The number of aliphatic hydroxyl groups is 1. The summed E-state index contributed by atoms with van der Waals surface area (Å²) in [4.78, 5) is 4.22. The van der Waals surface area contributed by atoms with Crippen LogP contribution in [0.4, 0.5) is 0 Å². The highest BCUT2D eigenvalue weighted by Crippen LogP contribution is 2.18. The van der Waals surface area contributed by atoms with E-state index in [9.17, 15) is 5.11 Å². The first kappa shape index (κ1) is 12.5. The Morgan fingerprint density at radius 1 is 1.53 bits per heavy atom. The van der Waals surface area contributed by atoms with Crippen molar-refractivity contribution < 1.29 is 5.11 Å². The van der Waals surface area contributed by atoms with E-state index in [1.807, 2.05) is 4.68 Å². The van der Waals surface area contributed by atoms with Crippen molar-refractivity contribution in [2.75, 3.05) is 6.54 Å². The largest absolute Gasteiger partial charge is 0.391 e. The Labute approximate surface area is 102 Å². The molecule has 2 rings (SSSR count). The Morgan fingerprint density at radius 3 is 2.94 bits per heavy atom. The van der Waals surface area contributed by atoms with E-state index in [2.05, 4.69) is 29.2 Å². The third-order valence-corrected chi connectivity index (χ3v) is 2.87. The van der Waals surface area contributed by atoms with E-state index >= 15 is 0 Å². The molecule has 1 heterocycles. The summed E-state index contributed by atoms with van der Waals surface area (Å²) in [6.07, 6.45) is 4.27. The minimum atomic E-state index is -0.370. The van der Waals surface area contributed by atoms with Gasteiger partial charge < -0.3 is 10.4 Å². The van der Waals surface area contributed by atoms with Crippen LogP contribution < -0.4 is 5.32 Å². The van der Waals surface area contributed by atoms with Gasteiger partial charge in [-0.05, 0) is 18.8 Å². The van der Waals surface area contributed by atoms with Crippen molar-refractivity contribution in [1.29, 1.82) is 0 Å². The molecule has 1 saturated carbocycles. The second-order valence-corrected chi connectivity index (χ2v) is 5.29. The zero-order chi connectivity index (χ0) is 12.3. The van der Waals surface area contributed by atoms with Crippen LogP contribution in [0, 0.1) is 5.92 Å². The molecular weight excluding hydrogens is 216 g/mol. The molecule has 17 heavy (non-hydrogen) atoms.